The number of amides is 1. The fraction of sp³-hybridized carbons (Fsp3) is 0.348. The highest BCUT2D eigenvalue weighted by atomic mass is 35.5. The van der Waals surface area contributed by atoms with E-state index in [4.69, 9.17) is 20.9 Å². The van der Waals surface area contributed by atoms with Gasteiger partial charge in [-0.1, -0.05) is 35.0 Å². The number of carbonyl (C=O) groups is 1. The Hall–Kier alpha value is -3.06. The van der Waals surface area contributed by atoms with Crippen molar-refractivity contribution in [3.63, 3.8) is 0 Å². The molecule has 1 aliphatic rings. The van der Waals surface area contributed by atoms with E-state index in [0.29, 0.717) is 37.6 Å². The smallest absolute Gasteiger partial charge is 0.227 e. The summed E-state index contributed by atoms with van der Waals surface area (Å²) in [6.45, 7) is 5.02. The Morgan fingerprint density at radius 1 is 1.16 bits per heavy atom. The molecule has 162 valence electrons. The first-order valence-corrected chi connectivity index (χ1v) is 10.7. The number of aromatic nitrogens is 2. The molecule has 1 fully saturated rings. The van der Waals surface area contributed by atoms with Crippen LogP contribution in [0.15, 0.2) is 47.0 Å². The molecule has 0 bridgehead atoms. The van der Waals surface area contributed by atoms with Crippen LogP contribution in [-0.2, 0) is 11.2 Å². The molecule has 0 N–H and O–H groups in total. The first kappa shape index (κ1) is 21.2. The number of halogens is 1. The van der Waals surface area contributed by atoms with Crippen LogP contribution in [0, 0.1) is 6.92 Å². The predicted octanol–water partition coefficient (Wildman–Crippen LogP) is 3.99. The van der Waals surface area contributed by atoms with Gasteiger partial charge in [-0.2, -0.15) is 4.98 Å². The van der Waals surface area contributed by atoms with Gasteiger partial charge in [0.2, 0.25) is 17.6 Å². The molecule has 4 rings (SSSR count). The number of rotatable bonds is 6. The number of piperazine rings is 1. The van der Waals surface area contributed by atoms with Crippen LogP contribution in [0.2, 0.25) is 5.02 Å². The van der Waals surface area contributed by atoms with Crippen molar-refractivity contribution in [2.45, 2.75) is 19.8 Å². The molecule has 3 aromatic rings. The third-order valence-electron chi connectivity index (χ3n) is 5.49. The normalized spacial score (nSPS) is 14.0. The highest BCUT2D eigenvalue weighted by Gasteiger charge is 2.22. The fourth-order valence-corrected chi connectivity index (χ4v) is 3.89. The second kappa shape index (κ2) is 9.39. The average molecular weight is 441 g/mol. The van der Waals surface area contributed by atoms with Crippen LogP contribution in [0.5, 0.6) is 5.75 Å². The summed E-state index contributed by atoms with van der Waals surface area (Å²) < 4.78 is 10.6. The second-order valence-corrected chi connectivity index (χ2v) is 7.98. The maximum absolute atomic E-state index is 12.7. The van der Waals surface area contributed by atoms with Gasteiger partial charge in [0, 0.05) is 55.3 Å². The zero-order chi connectivity index (χ0) is 21.8. The summed E-state index contributed by atoms with van der Waals surface area (Å²) in [5, 5.41) is 4.76. The predicted molar refractivity (Wildman–Crippen MR) is 120 cm³/mol. The standard InChI is InChI=1S/C23H25ClN4O3/c1-16-6-7-18(24)15-20(16)27-10-12-28(13-11-27)22(29)9-8-21-25-23(26-31-21)17-4-3-5-19(14-17)30-2/h3-7,14-15H,8-13H2,1-2H3. The maximum atomic E-state index is 12.7. The van der Waals surface area contributed by atoms with Crippen molar-refractivity contribution in [1.82, 2.24) is 15.0 Å². The second-order valence-electron chi connectivity index (χ2n) is 7.54. The maximum Gasteiger partial charge on any atom is 0.227 e. The van der Waals surface area contributed by atoms with Gasteiger partial charge < -0.3 is 19.1 Å². The molecular weight excluding hydrogens is 416 g/mol. The van der Waals surface area contributed by atoms with Gasteiger partial charge in [-0.15, -0.1) is 0 Å². The number of hydrogen-bond donors (Lipinski definition) is 0. The Bertz CT molecular complexity index is 1060. The summed E-state index contributed by atoms with van der Waals surface area (Å²) in [5.41, 5.74) is 3.14. The molecule has 7 nitrogen and oxygen atoms in total. The van der Waals surface area contributed by atoms with Crippen molar-refractivity contribution in [3.05, 3.63) is 58.9 Å². The molecule has 8 heteroatoms. The van der Waals surface area contributed by atoms with Crippen molar-refractivity contribution < 1.29 is 14.1 Å². The van der Waals surface area contributed by atoms with Crippen molar-refractivity contribution in [3.8, 4) is 17.1 Å². The molecule has 1 amide bonds. The third-order valence-corrected chi connectivity index (χ3v) is 5.73. The van der Waals surface area contributed by atoms with Crippen LogP contribution in [0.25, 0.3) is 11.4 Å². The van der Waals surface area contributed by atoms with Crippen LogP contribution in [0.4, 0.5) is 5.69 Å². The summed E-state index contributed by atoms with van der Waals surface area (Å²) >= 11 is 6.15. The number of carbonyl (C=O) groups excluding carboxylic acids is 1. The number of methoxy groups -OCH3 is 1. The Morgan fingerprint density at radius 3 is 2.74 bits per heavy atom. The van der Waals surface area contributed by atoms with Gasteiger partial charge in [0.15, 0.2) is 0 Å². The van der Waals surface area contributed by atoms with E-state index in [1.165, 1.54) is 5.56 Å². The van der Waals surface area contributed by atoms with Gasteiger partial charge in [0.05, 0.1) is 7.11 Å². The quantitative estimate of drug-likeness (QED) is 0.577. The summed E-state index contributed by atoms with van der Waals surface area (Å²) in [6, 6.07) is 13.4. The van der Waals surface area contributed by atoms with E-state index >= 15 is 0 Å². The minimum absolute atomic E-state index is 0.101. The van der Waals surface area contributed by atoms with Crippen LogP contribution >= 0.6 is 11.6 Å². The molecule has 31 heavy (non-hydrogen) atoms. The molecule has 2 heterocycles. The zero-order valence-corrected chi connectivity index (χ0v) is 18.4. The summed E-state index contributed by atoms with van der Waals surface area (Å²) in [7, 11) is 1.61. The molecule has 0 radical (unpaired) electrons. The molecule has 1 saturated heterocycles. The first-order chi connectivity index (χ1) is 15.0. The number of ether oxygens (including phenoxy) is 1. The molecule has 0 spiro atoms. The lowest BCUT2D eigenvalue weighted by Crippen LogP contribution is -2.49. The van der Waals surface area contributed by atoms with Crippen LogP contribution in [-0.4, -0.2) is 54.2 Å². The topological polar surface area (TPSA) is 71.7 Å². The van der Waals surface area contributed by atoms with Gasteiger partial charge in [0.1, 0.15) is 5.75 Å². The summed E-state index contributed by atoms with van der Waals surface area (Å²) in [6.07, 6.45) is 0.763. The molecule has 0 unspecified atom stereocenters. The van der Waals surface area contributed by atoms with Crippen LogP contribution in [0.1, 0.15) is 17.9 Å². The minimum atomic E-state index is 0.101. The van der Waals surface area contributed by atoms with E-state index < -0.39 is 0 Å². The average Bonchev–Trinajstić information content (AvgIpc) is 3.28. The van der Waals surface area contributed by atoms with Gasteiger partial charge in [0.25, 0.3) is 0 Å². The number of hydrogen-bond acceptors (Lipinski definition) is 6. The number of anilines is 1. The molecule has 1 aliphatic heterocycles. The van der Waals surface area contributed by atoms with E-state index in [1.807, 2.05) is 47.4 Å². The summed E-state index contributed by atoms with van der Waals surface area (Å²) in [4.78, 5) is 21.3. The minimum Gasteiger partial charge on any atom is -0.497 e. The van der Waals surface area contributed by atoms with Crippen molar-refractivity contribution in [2.75, 3.05) is 38.2 Å². The van der Waals surface area contributed by atoms with Crippen LogP contribution < -0.4 is 9.64 Å². The Balaban J connectivity index is 1.30. The Kier molecular flexibility index (Phi) is 6.42. The van der Waals surface area contributed by atoms with Gasteiger partial charge >= 0.3 is 0 Å². The van der Waals surface area contributed by atoms with E-state index in [1.54, 1.807) is 7.11 Å². The molecule has 0 saturated carbocycles. The lowest BCUT2D eigenvalue weighted by Gasteiger charge is -2.37. The van der Waals surface area contributed by atoms with Gasteiger partial charge in [-0.25, -0.2) is 0 Å². The van der Waals surface area contributed by atoms with Crippen molar-refractivity contribution in [1.29, 1.82) is 0 Å². The van der Waals surface area contributed by atoms with E-state index in [-0.39, 0.29) is 5.91 Å². The number of nitrogens with zero attached hydrogens (tertiary/aromatic N) is 4. The van der Waals surface area contributed by atoms with E-state index in [2.05, 4.69) is 22.0 Å². The monoisotopic (exact) mass is 440 g/mol. The molecule has 2 aromatic carbocycles. The third kappa shape index (κ3) is 4.99. The number of benzene rings is 2. The number of aryl methyl sites for hydroxylation is 2. The van der Waals surface area contributed by atoms with Gasteiger partial charge in [-0.05, 0) is 36.8 Å². The van der Waals surface area contributed by atoms with Crippen molar-refractivity contribution in [2.24, 2.45) is 0 Å². The highest BCUT2D eigenvalue weighted by Crippen LogP contribution is 2.26. The van der Waals surface area contributed by atoms with Gasteiger partial charge in [-0.3, -0.25) is 4.79 Å². The Labute approximate surface area is 186 Å². The largest absolute Gasteiger partial charge is 0.497 e. The molecule has 1 aromatic heterocycles. The van der Waals surface area contributed by atoms with Crippen LogP contribution in [0.3, 0.4) is 0 Å². The van der Waals surface area contributed by atoms with E-state index in [0.717, 1.165) is 35.1 Å². The summed E-state index contributed by atoms with van der Waals surface area (Å²) in [5.74, 6) is 1.78. The molecule has 0 aliphatic carbocycles. The highest BCUT2D eigenvalue weighted by molar-refractivity contribution is 6.30. The Morgan fingerprint density at radius 2 is 1.97 bits per heavy atom. The first-order valence-electron chi connectivity index (χ1n) is 10.3. The zero-order valence-electron chi connectivity index (χ0n) is 17.7. The fourth-order valence-electron chi connectivity index (χ4n) is 3.73. The molecular formula is C23H25ClN4O3. The van der Waals surface area contributed by atoms with Crippen molar-refractivity contribution >= 4 is 23.2 Å². The lowest BCUT2D eigenvalue weighted by atomic mass is 10.1. The SMILES string of the molecule is COc1cccc(-c2noc(CCC(=O)N3CCN(c4cc(Cl)ccc4C)CC3)n2)c1. The lowest BCUT2D eigenvalue weighted by molar-refractivity contribution is -0.131. The molecule has 0 atom stereocenters. The van der Waals surface area contributed by atoms with E-state index in [9.17, 15) is 4.79 Å².